The van der Waals surface area contributed by atoms with Gasteiger partial charge in [-0.1, -0.05) is 54.1 Å². The van der Waals surface area contributed by atoms with Gasteiger partial charge >= 0.3 is 22.1 Å². The molecule has 7 nitrogen and oxygen atoms in total. The Bertz CT molecular complexity index is 1490. The predicted molar refractivity (Wildman–Crippen MR) is 142 cm³/mol. The maximum absolute atomic E-state index is 13.5. The summed E-state index contributed by atoms with van der Waals surface area (Å²) in [5, 5.41) is 0.449. The second-order valence-electron chi connectivity index (χ2n) is 8.29. The summed E-state index contributed by atoms with van der Waals surface area (Å²) in [7, 11) is -4.25. The van der Waals surface area contributed by atoms with Crippen molar-refractivity contribution in [2.45, 2.75) is 24.7 Å². The van der Waals surface area contributed by atoms with E-state index in [2.05, 4.69) is 0 Å². The van der Waals surface area contributed by atoms with E-state index in [1.807, 2.05) is 0 Å². The summed E-state index contributed by atoms with van der Waals surface area (Å²) in [4.78, 5) is 22.7. The van der Waals surface area contributed by atoms with Crippen LogP contribution in [0.4, 0.5) is 0 Å². The molecule has 0 aliphatic rings. The van der Waals surface area contributed by atoms with Gasteiger partial charge in [-0.15, -0.1) is 0 Å². The Balaban J connectivity index is 1.81. The molecule has 0 atom stereocenters. The lowest BCUT2D eigenvalue weighted by Crippen LogP contribution is -2.15. The highest BCUT2D eigenvalue weighted by Crippen LogP contribution is 2.37. The average molecular weight is 551 g/mol. The van der Waals surface area contributed by atoms with Crippen LogP contribution in [0, 0.1) is 0 Å². The first-order valence-electron chi connectivity index (χ1n) is 11.5. The number of hydrogen-bond acceptors (Lipinski definition) is 7. The molecule has 38 heavy (non-hydrogen) atoms. The van der Waals surface area contributed by atoms with Crippen molar-refractivity contribution in [1.29, 1.82) is 0 Å². The number of halogens is 1. The fourth-order valence-electron chi connectivity index (χ4n) is 3.95. The molecule has 0 heterocycles. The fourth-order valence-corrected chi connectivity index (χ4v) is 5.25. The molecule has 0 fully saturated rings. The number of carbonyl (C=O) groups is 2. The van der Waals surface area contributed by atoms with Crippen LogP contribution < -0.4 is 13.7 Å². The first-order chi connectivity index (χ1) is 18.1. The maximum atomic E-state index is 13.5. The molecule has 4 rings (SSSR count). The summed E-state index contributed by atoms with van der Waals surface area (Å²) >= 11 is 5.92. The van der Waals surface area contributed by atoms with Crippen LogP contribution >= 0.6 is 11.6 Å². The molecule has 0 N–H and O–H groups in total. The number of ether oxygens (including phenoxy) is 2. The Kier molecular flexibility index (Phi) is 8.14. The minimum absolute atomic E-state index is 0.0203. The zero-order valence-corrected chi connectivity index (χ0v) is 22.0. The van der Waals surface area contributed by atoms with Crippen molar-refractivity contribution < 1.29 is 31.7 Å². The topological polar surface area (TPSA) is 96.0 Å². The van der Waals surface area contributed by atoms with Gasteiger partial charge < -0.3 is 13.7 Å². The highest BCUT2D eigenvalue weighted by molar-refractivity contribution is 7.87. The summed E-state index contributed by atoms with van der Waals surface area (Å²) in [6, 6.07) is 26.1. The minimum atomic E-state index is -4.25. The summed E-state index contributed by atoms with van der Waals surface area (Å²) in [5.74, 6) is -0.628. The van der Waals surface area contributed by atoms with Crippen molar-refractivity contribution in [2.75, 3.05) is 0 Å². The fraction of sp³-hybridized carbons (Fsp3) is 0.103. The molecular formula is C29H23ClO7S. The van der Waals surface area contributed by atoms with E-state index >= 15 is 0 Å². The maximum Gasteiger partial charge on any atom is 0.339 e. The van der Waals surface area contributed by atoms with Gasteiger partial charge in [0.05, 0.1) is 0 Å². The summed E-state index contributed by atoms with van der Waals surface area (Å²) < 4.78 is 42.6. The van der Waals surface area contributed by atoms with Crippen LogP contribution in [0.3, 0.4) is 0 Å². The molecule has 4 aromatic rings. The minimum Gasteiger partial charge on any atom is -0.427 e. The molecule has 194 valence electrons. The lowest BCUT2D eigenvalue weighted by Gasteiger charge is -2.22. The molecule has 0 unspecified atom stereocenters. The highest BCUT2D eigenvalue weighted by atomic mass is 35.5. The van der Waals surface area contributed by atoms with Crippen LogP contribution in [0.2, 0.25) is 5.02 Å². The third-order valence-corrected chi connectivity index (χ3v) is 7.04. The van der Waals surface area contributed by atoms with Crippen LogP contribution in [-0.4, -0.2) is 20.4 Å². The third-order valence-electron chi connectivity index (χ3n) is 5.47. The third kappa shape index (κ3) is 6.59. The molecule has 0 amide bonds. The summed E-state index contributed by atoms with van der Waals surface area (Å²) in [6.45, 7) is 2.62. The molecule has 0 bridgehead atoms. The molecule has 0 saturated carbocycles. The smallest absolute Gasteiger partial charge is 0.339 e. The molecule has 0 aromatic heterocycles. The molecule has 0 aliphatic carbocycles. The lowest BCUT2D eigenvalue weighted by molar-refractivity contribution is -0.132. The number of hydrogen-bond donors (Lipinski definition) is 0. The van der Waals surface area contributed by atoms with Crippen LogP contribution in [0.5, 0.6) is 17.2 Å². The second-order valence-corrected chi connectivity index (χ2v) is 10.2. The van der Waals surface area contributed by atoms with Gasteiger partial charge in [-0.3, -0.25) is 9.59 Å². The Morgan fingerprint density at radius 3 is 1.58 bits per heavy atom. The number of carbonyl (C=O) groups excluding carboxylic acids is 2. The van der Waals surface area contributed by atoms with Crippen LogP contribution in [0.15, 0.2) is 102 Å². The lowest BCUT2D eigenvalue weighted by atomic mass is 9.85. The van der Waals surface area contributed by atoms with Gasteiger partial charge in [0.15, 0.2) is 0 Å². The van der Waals surface area contributed by atoms with E-state index in [-0.39, 0.29) is 10.6 Å². The molecule has 0 aliphatic heterocycles. The van der Waals surface area contributed by atoms with Gasteiger partial charge in [-0.25, -0.2) is 0 Å². The van der Waals surface area contributed by atoms with Crippen LogP contribution in [0.25, 0.3) is 0 Å². The van der Waals surface area contributed by atoms with Crippen molar-refractivity contribution in [3.63, 3.8) is 0 Å². The largest absolute Gasteiger partial charge is 0.427 e. The molecule has 0 saturated heterocycles. The zero-order valence-electron chi connectivity index (χ0n) is 20.5. The number of benzene rings is 4. The SMILES string of the molecule is CC(=O)Oc1ccc(C(c2ccc(OC(C)=O)cc2)c2ccccc2S(=O)(=O)Oc2ccc(Cl)cc2)cc1. The molecule has 9 heteroatoms. The Morgan fingerprint density at radius 1 is 0.658 bits per heavy atom. The average Bonchev–Trinajstić information content (AvgIpc) is 2.87. The van der Waals surface area contributed by atoms with Crippen LogP contribution in [-0.2, 0) is 19.7 Å². The first kappa shape index (κ1) is 26.9. The summed E-state index contributed by atoms with van der Waals surface area (Å²) in [5.41, 5.74) is 1.92. The van der Waals surface area contributed by atoms with Crippen LogP contribution in [0.1, 0.15) is 36.5 Å². The Morgan fingerprint density at radius 2 is 1.11 bits per heavy atom. The molecule has 4 aromatic carbocycles. The molecule has 0 spiro atoms. The van der Waals surface area contributed by atoms with Gasteiger partial charge in [0.1, 0.15) is 22.1 Å². The predicted octanol–water partition coefficient (Wildman–Crippen LogP) is 6.14. The standard InChI is InChI=1S/C29H23ClO7S/c1-19(31)35-24-13-7-21(8-14-24)29(22-9-15-25(16-10-22)36-20(2)32)27-5-3-4-6-28(27)38(33,34)37-26-17-11-23(30)12-18-26/h3-18,29H,1-2H3. The van der Waals surface area contributed by atoms with E-state index in [1.165, 1.54) is 44.2 Å². The van der Waals surface area contributed by atoms with E-state index in [4.69, 9.17) is 25.3 Å². The van der Waals surface area contributed by atoms with Gasteiger partial charge in [-0.2, -0.15) is 8.42 Å². The van der Waals surface area contributed by atoms with Crippen molar-refractivity contribution in [3.05, 3.63) is 119 Å². The Labute approximate surface area is 225 Å². The van der Waals surface area contributed by atoms with Crippen molar-refractivity contribution in [2.24, 2.45) is 0 Å². The van der Waals surface area contributed by atoms with E-state index in [0.717, 1.165) is 11.1 Å². The first-order valence-corrected chi connectivity index (χ1v) is 13.3. The normalized spacial score (nSPS) is 11.2. The van der Waals surface area contributed by atoms with E-state index in [0.29, 0.717) is 22.1 Å². The summed E-state index contributed by atoms with van der Waals surface area (Å²) in [6.07, 6.45) is 0. The van der Waals surface area contributed by atoms with Gasteiger partial charge in [0, 0.05) is 24.8 Å². The zero-order chi connectivity index (χ0) is 27.3. The van der Waals surface area contributed by atoms with Gasteiger partial charge in [0.25, 0.3) is 0 Å². The second kappa shape index (κ2) is 11.5. The Hall–Kier alpha value is -4.14. The van der Waals surface area contributed by atoms with Crippen molar-refractivity contribution in [3.8, 4) is 17.2 Å². The molecule has 0 radical (unpaired) electrons. The quantitative estimate of drug-likeness (QED) is 0.112. The van der Waals surface area contributed by atoms with Gasteiger partial charge in [0.2, 0.25) is 0 Å². The highest BCUT2D eigenvalue weighted by Gasteiger charge is 2.27. The number of rotatable bonds is 8. The van der Waals surface area contributed by atoms with Gasteiger partial charge in [-0.05, 0) is 71.3 Å². The number of esters is 2. The van der Waals surface area contributed by atoms with Crippen molar-refractivity contribution >= 4 is 33.7 Å². The monoisotopic (exact) mass is 550 g/mol. The van der Waals surface area contributed by atoms with E-state index < -0.39 is 28.0 Å². The van der Waals surface area contributed by atoms with Crippen molar-refractivity contribution in [1.82, 2.24) is 0 Å². The molecular weight excluding hydrogens is 528 g/mol. The van der Waals surface area contributed by atoms with E-state index in [9.17, 15) is 18.0 Å². The van der Waals surface area contributed by atoms with E-state index in [1.54, 1.807) is 66.7 Å².